The van der Waals surface area contributed by atoms with Crippen LogP contribution in [0.25, 0.3) is 11.1 Å². The molecule has 4 N–H and O–H groups in total. The fourth-order valence-corrected chi connectivity index (χ4v) is 5.91. The maximum atomic E-state index is 15.1. The molecular formula is C29H41FN8O. The molecule has 0 radical (unpaired) electrons. The zero-order chi connectivity index (χ0) is 27.4. The van der Waals surface area contributed by atoms with E-state index in [0.717, 1.165) is 67.3 Å². The van der Waals surface area contributed by atoms with E-state index in [1.165, 1.54) is 25.5 Å². The summed E-state index contributed by atoms with van der Waals surface area (Å²) < 4.78 is 16.7. The van der Waals surface area contributed by atoms with Gasteiger partial charge < -0.3 is 26.2 Å². The van der Waals surface area contributed by atoms with Gasteiger partial charge in [0.15, 0.2) is 0 Å². The first-order valence-corrected chi connectivity index (χ1v) is 14.2. The summed E-state index contributed by atoms with van der Waals surface area (Å²) in [5.41, 5.74) is 10.1. The van der Waals surface area contributed by atoms with Crippen LogP contribution in [-0.2, 0) is 11.8 Å². The number of halogens is 1. The third kappa shape index (κ3) is 6.86. The molecule has 3 aliphatic rings. The van der Waals surface area contributed by atoms with Crippen molar-refractivity contribution in [3.63, 3.8) is 0 Å². The van der Waals surface area contributed by atoms with Crippen LogP contribution in [0.5, 0.6) is 0 Å². The summed E-state index contributed by atoms with van der Waals surface area (Å²) in [4.78, 5) is 21.0. The van der Waals surface area contributed by atoms with Crippen molar-refractivity contribution in [3.05, 3.63) is 47.7 Å². The summed E-state index contributed by atoms with van der Waals surface area (Å²) in [5.74, 6) is 0.600. The van der Waals surface area contributed by atoms with Gasteiger partial charge in [0, 0.05) is 75.6 Å². The lowest BCUT2D eigenvalue weighted by Gasteiger charge is -2.38. The topological polar surface area (TPSA) is 104 Å². The lowest BCUT2D eigenvalue weighted by atomic mass is 9.95. The smallest absolute Gasteiger partial charge is 0.219 e. The van der Waals surface area contributed by atoms with E-state index in [1.807, 2.05) is 19.3 Å². The van der Waals surface area contributed by atoms with Crippen molar-refractivity contribution in [2.75, 3.05) is 45.8 Å². The van der Waals surface area contributed by atoms with E-state index < -0.39 is 5.82 Å². The van der Waals surface area contributed by atoms with Crippen LogP contribution in [0.3, 0.4) is 0 Å². The molecule has 0 atom stereocenters. The fourth-order valence-electron chi connectivity index (χ4n) is 5.91. The minimum absolute atomic E-state index is 0.00225. The highest BCUT2D eigenvalue weighted by atomic mass is 19.1. The minimum Gasteiger partial charge on any atom is -0.385 e. The predicted octanol–water partition coefficient (Wildman–Crippen LogP) is 2.77. The number of rotatable bonds is 7. The van der Waals surface area contributed by atoms with Gasteiger partial charge in [-0.1, -0.05) is 6.07 Å². The number of amidine groups is 1. The molecule has 0 saturated carbocycles. The summed E-state index contributed by atoms with van der Waals surface area (Å²) in [6.07, 6.45) is 8.90. The minimum atomic E-state index is -0.449. The SMILES string of the molecule is CC(=O)N1CCC(NC2CCN(CC3CCNCC3)CC2)=C(C(N)=Nc2ccc(-c3cnn(C)c3)cc2F)C1. The van der Waals surface area contributed by atoms with E-state index in [0.29, 0.717) is 25.6 Å². The van der Waals surface area contributed by atoms with Crippen LogP contribution >= 0.6 is 0 Å². The quantitative estimate of drug-likeness (QED) is 0.372. The van der Waals surface area contributed by atoms with Crippen LogP contribution in [0, 0.1) is 11.7 Å². The number of aliphatic imine (C=N–C) groups is 1. The number of aromatic nitrogens is 2. The second-order valence-corrected chi connectivity index (χ2v) is 11.1. The molecule has 1 aromatic heterocycles. The lowest BCUT2D eigenvalue weighted by molar-refractivity contribution is -0.128. The van der Waals surface area contributed by atoms with Gasteiger partial charge in [-0.05, 0) is 62.4 Å². The number of nitrogens with one attached hydrogen (secondary N) is 2. The monoisotopic (exact) mass is 536 g/mol. The standard InChI is InChI=1S/C29H41FN8O/c1-20(39)38-14-9-27(34-24-7-12-37(13-8-24)17-21-5-10-32-11-6-21)25(19-38)29(31)35-28-4-3-22(15-26(28)30)23-16-33-36(2)18-23/h3-4,15-16,18,21,24,32,34H,5-14,17,19H2,1-2H3,(H2,31,35). The Kier molecular flexibility index (Phi) is 8.62. The average Bonchev–Trinajstić information content (AvgIpc) is 3.37. The highest BCUT2D eigenvalue weighted by molar-refractivity contribution is 6.00. The number of carbonyl (C=O) groups is 1. The third-order valence-electron chi connectivity index (χ3n) is 8.27. The molecule has 0 unspecified atom stereocenters. The Hall–Kier alpha value is -3.24. The second kappa shape index (κ2) is 12.3. The maximum Gasteiger partial charge on any atom is 0.219 e. The first-order chi connectivity index (χ1) is 18.9. The van der Waals surface area contributed by atoms with Crippen LogP contribution in [-0.4, -0.2) is 83.2 Å². The van der Waals surface area contributed by atoms with Crippen LogP contribution in [0.15, 0.2) is 46.9 Å². The normalized spacial score (nSPS) is 20.5. The molecule has 0 aliphatic carbocycles. The number of hydrogen-bond acceptors (Lipinski definition) is 6. The Bertz CT molecular complexity index is 1220. The lowest BCUT2D eigenvalue weighted by Crippen LogP contribution is -2.47. The number of benzene rings is 1. The van der Waals surface area contributed by atoms with Crippen LogP contribution in [0.1, 0.15) is 39.0 Å². The Morgan fingerprint density at radius 3 is 2.62 bits per heavy atom. The number of hydrogen-bond donors (Lipinski definition) is 3. The molecule has 10 heteroatoms. The summed E-state index contributed by atoms with van der Waals surface area (Å²) in [5, 5.41) is 11.4. The van der Waals surface area contributed by atoms with Crippen molar-refractivity contribution in [1.82, 2.24) is 30.2 Å². The van der Waals surface area contributed by atoms with E-state index in [2.05, 4.69) is 25.6 Å². The van der Waals surface area contributed by atoms with Crippen molar-refractivity contribution < 1.29 is 9.18 Å². The fraction of sp³-hybridized carbons (Fsp3) is 0.552. The van der Waals surface area contributed by atoms with Crippen molar-refractivity contribution in [3.8, 4) is 11.1 Å². The van der Waals surface area contributed by atoms with Crippen molar-refractivity contribution >= 4 is 17.4 Å². The van der Waals surface area contributed by atoms with Gasteiger partial charge in [0.05, 0.1) is 12.7 Å². The molecular weight excluding hydrogens is 495 g/mol. The van der Waals surface area contributed by atoms with Gasteiger partial charge in [-0.25, -0.2) is 9.38 Å². The molecule has 0 bridgehead atoms. The number of piperidine rings is 2. The van der Waals surface area contributed by atoms with Crippen LogP contribution in [0.4, 0.5) is 10.1 Å². The molecule has 1 aromatic carbocycles. The van der Waals surface area contributed by atoms with Gasteiger partial charge in [-0.2, -0.15) is 5.10 Å². The number of nitrogens with two attached hydrogens (primary N) is 1. The van der Waals surface area contributed by atoms with E-state index in [-0.39, 0.29) is 17.4 Å². The number of aryl methyl sites for hydroxylation is 1. The largest absolute Gasteiger partial charge is 0.385 e. The van der Waals surface area contributed by atoms with Gasteiger partial charge >= 0.3 is 0 Å². The number of likely N-dealkylation sites (tertiary alicyclic amines) is 1. The third-order valence-corrected chi connectivity index (χ3v) is 8.27. The Balaban J connectivity index is 1.29. The molecule has 0 spiro atoms. The van der Waals surface area contributed by atoms with Gasteiger partial charge in [0.2, 0.25) is 5.91 Å². The highest BCUT2D eigenvalue weighted by Gasteiger charge is 2.27. The molecule has 4 heterocycles. The summed E-state index contributed by atoms with van der Waals surface area (Å²) >= 11 is 0. The molecule has 210 valence electrons. The van der Waals surface area contributed by atoms with Crippen molar-refractivity contribution in [2.45, 2.75) is 45.1 Å². The Labute approximate surface area is 230 Å². The molecule has 9 nitrogen and oxygen atoms in total. The highest BCUT2D eigenvalue weighted by Crippen LogP contribution is 2.27. The molecule has 5 rings (SSSR count). The summed E-state index contributed by atoms with van der Waals surface area (Å²) in [6.45, 7) is 8.22. The van der Waals surface area contributed by atoms with Crippen molar-refractivity contribution in [2.24, 2.45) is 23.7 Å². The second-order valence-electron chi connectivity index (χ2n) is 11.1. The van der Waals surface area contributed by atoms with E-state index in [9.17, 15) is 4.79 Å². The molecule has 2 aromatic rings. The zero-order valence-electron chi connectivity index (χ0n) is 23.1. The van der Waals surface area contributed by atoms with Crippen molar-refractivity contribution in [1.29, 1.82) is 0 Å². The number of nitrogens with zero attached hydrogens (tertiary/aromatic N) is 5. The van der Waals surface area contributed by atoms with Gasteiger partial charge in [-0.15, -0.1) is 0 Å². The van der Waals surface area contributed by atoms with E-state index in [1.54, 1.807) is 28.8 Å². The summed E-state index contributed by atoms with van der Waals surface area (Å²) in [6, 6.07) is 5.27. The van der Waals surface area contributed by atoms with Crippen LogP contribution in [0.2, 0.25) is 0 Å². The zero-order valence-corrected chi connectivity index (χ0v) is 23.1. The molecule has 1 amide bonds. The van der Waals surface area contributed by atoms with Gasteiger partial charge in [0.25, 0.3) is 0 Å². The predicted molar refractivity (Wildman–Crippen MR) is 152 cm³/mol. The van der Waals surface area contributed by atoms with Crippen LogP contribution < -0.4 is 16.4 Å². The first kappa shape index (κ1) is 27.3. The molecule has 3 aliphatic heterocycles. The first-order valence-electron chi connectivity index (χ1n) is 14.2. The number of amides is 1. The Morgan fingerprint density at radius 1 is 1.18 bits per heavy atom. The average molecular weight is 537 g/mol. The molecule has 2 fully saturated rings. The maximum absolute atomic E-state index is 15.1. The van der Waals surface area contributed by atoms with E-state index in [4.69, 9.17) is 5.73 Å². The molecule has 2 saturated heterocycles. The number of carbonyl (C=O) groups excluding carboxylic acids is 1. The van der Waals surface area contributed by atoms with Gasteiger partial charge in [0.1, 0.15) is 17.3 Å². The molecule has 39 heavy (non-hydrogen) atoms. The van der Waals surface area contributed by atoms with Gasteiger partial charge in [-0.3, -0.25) is 9.48 Å². The summed E-state index contributed by atoms with van der Waals surface area (Å²) in [7, 11) is 1.83. The Morgan fingerprint density at radius 2 is 1.95 bits per heavy atom. The van der Waals surface area contributed by atoms with E-state index >= 15 is 4.39 Å².